The Morgan fingerprint density at radius 1 is 0.934 bits per heavy atom. The molecule has 1 heterocycles. The second-order valence-electron chi connectivity index (χ2n) is 17.2. The van der Waals surface area contributed by atoms with Crippen LogP contribution in [0.3, 0.4) is 0 Å². The molecule has 2 aromatic rings. The number of esters is 4. The number of aliphatic hydroxyl groups is 3. The van der Waals surface area contributed by atoms with Gasteiger partial charge in [0.25, 0.3) is 0 Å². The number of carbonyl (C=O) groups excluding carboxylic acids is 6. The first-order valence-electron chi connectivity index (χ1n) is 20.5. The highest BCUT2D eigenvalue weighted by molar-refractivity contribution is 5.95. The molecular formula is C46H55NO14. The van der Waals surface area contributed by atoms with Crippen LogP contribution in [0, 0.1) is 16.7 Å². The monoisotopic (exact) mass is 845 g/mol. The molecule has 0 spiro atoms. The fourth-order valence-electron chi connectivity index (χ4n) is 9.96. The van der Waals surface area contributed by atoms with Gasteiger partial charge in [0.05, 0.1) is 35.6 Å². The average molecular weight is 846 g/mol. The number of allylic oxidation sites excluding steroid dienone is 1. The Morgan fingerprint density at radius 3 is 2.15 bits per heavy atom. The lowest BCUT2D eigenvalue weighted by atomic mass is 9.44. The normalized spacial score (nSPS) is 32.4. The molecule has 4 N–H and O–H groups in total. The van der Waals surface area contributed by atoms with Gasteiger partial charge < -0.3 is 44.3 Å². The van der Waals surface area contributed by atoms with Crippen molar-refractivity contribution < 1.29 is 67.8 Å². The molecule has 15 heteroatoms. The van der Waals surface area contributed by atoms with Crippen molar-refractivity contribution in [3.63, 3.8) is 0 Å². The third-order valence-corrected chi connectivity index (χ3v) is 13.2. The lowest BCUT2D eigenvalue weighted by molar-refractivity contribution is -0.346. The summed E-state index contributed by atoms with van der Waals surface area (Å²) in [4.78, 5) is 82.9. The van der Waals surface area contributed by atoms with Crippen LogP contribution in [0.5, 0.6) is 0 Å². The summed E-state index contributed by atoms with van der Waals surface area (Å²) in [6.45, 7) is 9.91. The zero-order valence-electron chi connectivity index (χ0n) is 35.4. The molecule has 6 rings (SSSR count). The molecule has 2 bridgehead atoms. The van der Waals surface area contributed by atoms with Gasteiger partial charge in [0.1, 0.15) is 23.9 Å². The number of amides is 1. The van der Waals surface area contributed by atoms with E-state index in [1.54, 1.807) is 74.5 Å². The first-order valence-corrected chi connectivity index (χ1v) is 20.5. The Labute approximate surface area is 354 Å². The minimum Gasteiger partial charge on any atom is -0.456 e. The Bertz CT molecular complexity index is 2100. The van der Waals surface area contributed by atoms with Crippen molar-refractivity contribution in [3.05, 3.63) is 95.1 Å². The SMILES string of the molecule is CC/C=C/CC(=O)N[C@@H](c1ccccc1)[C@@H](O)C(=O)O[C@H]1C[C@@]2(O)[C@@H](OC(=O)c3ccccc3)C3[C@](C)(C(=O)[C@H](OC(C)=O)C(=C1C)C2(C)C)[C@@H](O)C[C@H]1OC[C@@]31OC(C)=O. The number of benzene rings is 2. The number of ketones is 1. The number of aliphatic hydroxyl groups excluding tert-OH is 2. The van der Waals surface area contributed by atoms with Gasteiger partial charge in [-0.25, -0.2) is 9.59 Å². The van der Waals surface area contributed by atoms with Crippen molar-refractivity contribution in [2.24, 2.45) is 16.7 Å². The van der Waals surface area contributed by atoms with Gasteiger partial charge in [-0.05, 0) is 49.1 Å². The summed E-state index contributed by atoms with van der Waals surface area (Å²) in [5.41, 5.74) is -7.19. The molecule has 1 aliphatic heterocycles. The summed E-state index contributed by atoms with van der Waals surface area (Å²) in [5, 5.41) is 40.1. The zero-order valence-corrected chi connectivity index (χ0v) is 35.4. The quantitative estimate of drug-likeness (QED) is 0.136. The highest BCUT2D eigenvalue weighted by Crippen LogP contribution is 2.64. The first-order chi connectivity index (χ1) is 28.7. The van der Waals surface area contributed by atoms with Crippen LogP contribution < -0.4 is 5.32 Å². The van der Waals surface area contributed by atoms with Crippen LogP contribution in [0.4, 0.5) is 0 Å². The van der Waals surface area contributed by atoms with E-state index in [4.69, 9.17) is 23.7 Å². The van der Waals surface area contributed by atoms with E-state index in [1.165, 1.54) is 26.0 Å². The van der Waals surface area contributed by atoms with E-state index in [1.807, 2.05) is 6.92 Å². The number of hydrogen-bond acceptors (Lipinski definition) is 14. The molecule has 0 aromatic heterocycles. The number of rotatable bonds is 12. The molecule has 1 amide bonds. The summed E-state index contributed by atoms with van der Waals surface area (Å²) in [7, 11) is 0. The van der Waals surface area contributed by atoms with E-state index in [0.29, 0.717) is 12.0 Å². The molecule has 1 saturated heterocycles. The molecule has 1 unspecified atom stereocenters. The minimum absolute atomic E-state index is 0.00511. The molecule has 3 aliphatic carbocycles. The van der Waals surface area contributed by atoms with Crippen molar-refractivity contribution in [1.29, 1.82) is 0 Å². The van der Waals surface area contributed by atoms with Crippen LogP contribution in [0.15, 0.2) is 84.0 Å². The van der Waals surface area contributed by atoms with Crippen molar-refractivity contribution in [1.82, 2.24) is 5.32 Å². The fraction of sp³-hybridized carbons (Fsp3) is 0.522. The predicted molar refractivity (Wildman–Crippen MR) is 216 cm³/mol. The number of hydrogen-bond donors (Lipinski definition) is 4. The third-order valence-electron chi connectivity index (χ3n) is 13.2. The molecule has 15 nitrogen and oxygen atoms in total. The van der Waals surface area contributed by atoms with Crippen molar-refractivity contribution in [2.45, 2.75) is 128 Å². The maximum Gasteiger partial charge on any atom is 0.338 e. The van der Waals surface area contributed by atoms with Gasteiger partial charge in [0, 0.05) is 38.5 Å². The van der Waals surface area contributed by atoms with E-state index in [9.17, 15) is 39.3 Å². The fourth-order valence-corrected chi connectivity index (χ4v) is 9.96. The van der Waals surface area contributed by atoms with Crippen molar-refractivity contribution >= 4 is 35.6 Å². The number of carbonyl (C=O) groups is 6. The maximum atomic E-state index is 15.5. The summed E-state index contributed by atoms with van der Waals surface area (Å²) in [6, 6.07) is 14.9. The van der Waals surface area contributed by atoms with Gasteiger partial charge in [-0.3, -0.25) is 19.2 Å². The molecule has 2 saturated carbocycles. The maximum absolute atomic E-state index is 15.5. The van der Waals surface area contributed by atoms with Gasteiger partial charge in [0.15, 0.2) is 23.6 Å². The van der Waals surface area contributed by atoms with E-state index >= 15 is 4.79 Å². The van der Waals surface area contributed by atoms with Crippen LogP contribution in [-0.2, 0) is 47.7 Å². The van der Waals surface area contributed by atoms with Crippen molar-refractivity contribution in [3.8, 4) is 0 Å². The van der Waals surface area contributed by atoms with E-state index in [2.05, 4.69) is 5.32 Å². The highest BCUT2D eigenvalue weighted by Gasteiger charge is 2.78. The number of nitrogens with one attached hydrogen (secondary N) is 1. The van der Waals surface area contributed by atoms with Crippen LogP contribution in [0.25, 0.3) is 0 Å². The average Bonchev–Trinajstić information content (AvgIpc) is 3.21. The Kier molecular flexibility index (Phi) is 12.8. The molecule has 328 valence electrons. The molecule has 11 atom stereocenters. The molecular weight excluding hydrogens is 790 g/mol. The van der Waals surface area contributed by atoms with E-state index in [0.717, 1.165) is 13.8 Å². The standard InChI is InChI=1S/C46H55NO14/c1-8-9-12-21-33(51)47-35(28-17-13-10-14-18-28)36(52)42(55)59-30-23-46(56)40(60-41(54)29-19-15-11-16-20-29)38-44(7,31(50)22-32-45(38,24-57-32)61-27(4)49)39(53)37(58-26(3)48)34(25(30)2)43(46,5)6/h9-20,30-32,35-38,40,50,52,56H,8,21-24H2,1-7H3,(H,47,51)/b12-9+/t30-,31-,32+,35-,36+,37+,38?,40-,44+,45-,46+/m0/s1. The molecule has 0 radical (unpaired) electrons. The largest absolute Gasteiger partial charge is 0.456 e. The summed E-state index contributed by atoms with van der Waals surface area (Å²) >= 11 is 0. The second kappa shape index (κ2) is 17.3. The van der Waals surface area contributed by atoms with Crippen LogP contribution in [0.1, 0.15) is 96.1 Å². The molecule has 61 heavy (non-hydrogen) atoms. The molecule has 4 aliphatic rings. The van der Waals surface area contributed by atoms with Crippen LogP contribution in [0.2, 0.25) is 0 Å². The number of fused-ring (bicyclic) bond motifs is 5. The predicted octanol–water partition coefficient (Wildman–Crippen LogP) is 3.78. The van der Waals surface area contributed by atoms with E-state index in [-0.39, 0.29) is 36.2 Å². The van der Waals surface area contributed by atoms with Gasteiger partial charge in [-0.2, -0.15) is 0 Å². The Hall–Kier alpha value is -5.22. The van der Waals surface area contributed by atoms with E-state index < -0.39 is 113 Å². The van der Waals surface area contributed by atoms with Gasteiger partial charge >= 0.3 is 23.9 Å². The zero-order chi connectivity index (χ0) is 44.7. The number of Topliss-reactive ketones (excluding diaryl/α,β-unsaturated/α-hetero) is 1. The Balaban J connectivity index is 1.53. The van der Waals surface area contributed by atoms with Crippen molar-refractivity contribution in [2.75, 3.05) is 6.61 Å². The van der Waals surface area contributed by atoms with Crippen LogP contribution >= 0.6 is 0 Å². The van der Waals surface area contributed by atoms with Gasteiger partial charge in [-0.1, -0.05) is 81.5 Å². The summed E-state index contributed by atoms with van der Waals surface area (Å²) in [6.07, 6.45) is -6.28. The molecule has 3 fully saturated rings. The lowest BCUT2D eigenvalue weighted by Gasteiger charge is -2.67. The smallest absolute Gasteiger partial charge is 0.338 e. The molecule has 2 aromatic carbocycles. The Morgan fingerprint density at radius 2 is 1.57 bits per heavy atom. The highest BCUT2D eigenvalue weighted by atomic mass is 16.6. The summed E-state index contributed by atoms with van der Waals surface area (Å²) < 4.78 is 30.2. The second-order valence-corrected chi connectivity index (χ2v) is 17.2. The van der Waals surface area contributed by atoms with Gasteiger partial charge in [0.2, 0.25) is 5.91 Å². The lowest BCUT2D eigenvalue weighted by Crippen LogP contribution is -2.82. The first kappa shape index (κ1) is 45.3. The minimum atomic E-state index is -2.38. The van der Waals surface area contributed by atoms with Crippen LogP contribution in [-0.4, -0.2) is 105 Å². The summed E-state index contributed by atoms with van der Waals surface area (Å²) in [5.74, 6) is -6.68. The third kappa shape index (κ3) is 7.92. The topological polar surface area (TPSA) is 221 Å². The number of ether oxygens (including phenoxy) is 5. The van der Waals surface area contributed by atoms with Gasteiger partial charge in [-0.15, -0.1) is 0 Å².